The van der Waals surface area contributed by atoms with E-state index in [2.05, 4.69) is 15.9 Å². The Bertz CT molecular complexity index is 534. The van der Waals surface area contributed by atoms with Crippen molar-refractivity contribution in [2.75, 3.05) is 13.1 Å². The van der Waals surface area contributed by atoms with Gasteiger partial charge in [-0.3, -0.25) is 14.5 Å². The van der Waals surface area contributed by atoms with Crippen molar-refractivity contribution in [3.63, 3.8) is 0 Å². The van der Waals surface area contributed by atoms with Gasteiger partial charge in [-0.15, -0.1) is 0 Å². The SMILES string of the molecule is NCC(F)(F)CN1C(=O)c2ccc(Br)cc2C1=O. The molecule has 2 rings (SSSR count). The molecule has 0 radical (unpaired) electrons. The van der Waals surface area contributed by atoms with E-state index in [0.29, 0.717) is 9.37 Å². The summed E-state index contributed by atoms with van der Waals surface area (Å²) in [5, 5.41) is 0. The lowest BCUT2D eigenvalue weighted by atomic mass is 10.1. The van der Waals surface area contributed by atoms with E-state index in [1.165, 1.54) is 12.1 Å². The largest absolute Gasteiger partial charge is 0.325 e. The van der Waals surface area contributed by atoms with Crippen molar-refractivity contribution < 1.29 is 18.4 Å². The first-order valence-corrected chi connectivity index (χ1v) is 5.89. The zero-order valence-corrected chi connectivity index (χ0v) is 10.7. The quantitative estimate of drug-likeness (QED) is 0.862. The Hall–Kier alpha value is -1.34. The van der Waals surface area contributed by atoms with Gasteiger partial charge >= 0.3 is 0 Å². The smallest absolute Gasteiger partial charge is 0.277 e. The van der Waals surface area contributed by atoms with Crippen molar-refractivity contribution in [3.8, 4) is 0 Å². The van der Waals surface area contributed by atoms with E-state index < -0.39 is 30.8 Å². The Balaban J connectivity index is 2.34. The average Bonchev–Trinajstić information content (AvgIpc) is 2.54. The lowest BCUT2D eigenvalue weighted by Crippen LogP contribution is -2.44. The fourth-order valence-corrected chi connectivity index (χ4v) is 2.06. The number of benzene rings is 1. The molecule has 0 saturated heterocycles. The highest BCUT2D eigenvalue weighted by molar-refractivity contribution is 9.10. The van der Waals surface area contributed by atoms with E-state index in [9.17, 15) is 18.4 Å². The monoisotopic (exact) mass is 318 g/mol. The van der Waals surface area contributed by atoms with Gasteiger partial charge in [0.25, 0.3) is 17.7 Å². The minimum absolute atomic E-state index is 0.127. The zero-order chi connectivity index (χ0) is 13.5. The molecule has 0 aliphatic carbocycles. The average molecular weight is 319 g/mol. The van der Waals surface area contributed by atoms with Gasteiger partial charge in [-0.2, -0.15) is 0 Å². The third kappa shape index (κ3) is 2.15. The summed E-state index contributed by atoms with van der Waals surface area (Å²) >= 11 is 3.16. The number of amides is 2. The Morgan fingerprint density at radius 3 is 2.44 bits per heavy atom. The van der Waals surface area contributed by atoms with Crippen molar-refractivity contribution in [2.24, 2.45) is 5.73 Å². The molecule has 4 nitrogen and oxygen atoms in total. The maximum absolute atomic E-state index is 13.2. The van der Waals surface area contributed by atoms with Gasteiger partial charge < -0.3 is 5.73 Å². The molecule has 0 spiro atoms. The second-order valence-corrected chi connectivity index (χ2v) is 4.86. The van der Waals surface area contributed by atoms with Gasteiger partial charge in [-0.25, -0.2) is 8.78 Å². The molecule has 2 N–H and O–H groups in total. The van der Waals surface area contributed by atoms with Crippen LogP contribution in [0.1, 0.15) is 20.7 Å². The molecule has 0 saturated carbocycles. The summed E-state index contributed by atoms with van der Waals surface area (Å²) in [4.78, 5) is 24.2. The molecule has 18 heavy (non-hydrogen) atoms. The molecule has 1 aromatic carbocycles. The number of hydrogen-bond donors (Lipinski definition) is 1. The molecular formula is C11H9BrF2N2O2. The number of carbonyl (C=O) groups excluding carboxylic acids is 2. The summed E-state index contributed by atoms with van der Waals surface area (Å²) in [6.07, 6.45) is 0. The van der Waals surface area contributed by atoms with Crippen LogP contribution in [-0.4, -0.2) is 35.7 Å². The lowest BCUT2D eigenvalue weighted by Gasteiger charge is -2.20. The summed E-state index contributed by atoms with van der Waals surface area (Å²) in [5.74, 6) is -4.70. The van der Waals surface area contributed by atoms with Gasteiger partial charge in [-0.1, -0.05) is 15.9 Å². The predicted molar refractivity (Wildman–Crippen MR) is 63.5 cm³/mol. The van der Waals surface area contributed by atoms with Crippen molar-refractivity contribution in [1.29, 1.82) is 0 Å². The molecule has 0 aromatic heterocycles. The highest BCUT2D eigenvalue weighted by Crippen LogP contribution is 2.28. The van der Waals surface area contributed by atoms with Gasteiger partial charge in [0.05, 0.1) is 24.2 Å². The summed E-state index contributed by atoms with van der Waals surface area (Å²) in [7, 11) is 0. The molecule has 7 heteroatoms. The highest BCUT2D eigenvalue weighted by Gasteiger charge is 2.41. The number of nitrogens with zero attached hydrogens (tertiary/aromatic N) is 1. The number of alkyl halides is 2. The molecule has 1 aromatic rings. The molecule has 0 atom stereocenters. The molecule has 0 unspecified atom stereocenters. The van der Waals surface area contributed by atoms with E-state index in [1.54, 1.807) is 6.07 Å². The number of fused-ring (bicyclic) bond motifs is 1. The second kappa shape index (κ2) is 4.40. The molecule has 96 valence electrons. The van der Waals surface area contributed by atoms with Crippen molar-refractivity contribution in [2.45, 2.75) is 5.92 Å². The van der Waals surface area contributed by atoms with Crippen LogP contribution in [0.15, 0.2) is 22.7 Å². The number of nitrogens with two attached hydrogens (primary N) is 1. The van der Waals surface area contributed by atoms with Crippen molar-refractivity contribution in [3.05, 3.63) is 33.8 Å². The fraction of sp³-hybridized carbons (Fsp3) is 0.273. The van der Waals surface area contributed by atoms with Gasteiger partial charge in [0.2, 0.25) is 0 Å². The molecule has 0 fully saturated rings. The Morgan fingerprint density at radius 1 is 1.22 bits per heavy atom. The van der Waals surface area contributed by atoms with Crippen LogP contribution in [0.4, 0.5) is 8.78 Å². The maximum Gasteiger partial charge on any atom is 0.277 e. The van der Waals surface area contributed by atoms with Crippen LogP contribution in [-0.2, 0) is 0 Å². The van der Waals surface area contributed by atoms with Crippen LogP contribution >= 0.6 is 15.9 Å². The number of imide groups is 1. The topological polar surface area (TPSA) is 63.4 Å². The Kier molecular flexibility index (Phi) is 3.20. The predicted octanol–water partition coefficient (Wildman–Crippen LogP) is 1.64. The summed E-state index contributed by atoms with van der Waals surface area (Å²) in [5.41, 5.74) is 5.16. The molecule has 1 heterocycles. The number of carbonyl (C=O) groups is 2. The highest BCUT2D eigenvalue weighted by atomic mass is 79.9. The van der Waals surface area contributed by atoms with E-state index in [-0.39, 0.29) is 11.1 Å². The van der Waals surface area contributed by atoms with E-state index >= 15 is 0 Å². The van der Waals surface area contributed by atoms with E-state index in [0.717, 1.165) is 0 Å². The first-order chi connectivity index (χ1) is 8.35. The van der Waals surface area contributed by atoms with Crippen LogP contribution in [0.3, 0.4) is 0 Å². The van der Waals surface area contributed by atoms with Crippen LogP contribution in [0.2, 0.25) is 0 Å². The number of rotatable bonds is 3. The van der Waals surface area contributed by atoms with Gasteiger partial charge in [0.15, 0.2) is 0 Å². The third-order valence-electron chi connectivity index (χ3n) is 2.62. The van der Waals surface area contributed by atoms with Gasteiger partial charge in [0, 0.05) is 4.47 Å². The zero-order valence-electron chi connectivity index (χ0n) is 9.12. The lowest BCUT2D eigenvalue weighted by molar-refractivity contribution is -0.0146. The van der Waals surface area contributed by atoms with Crippen molar-refractivity contribution in [1.82, 2.24) is 4.90 Å². The van der Waals surface area contributed by atoms with Gasteiger partial charge in [-0.05, 0) is 18.2 Å². The standard InChI is InChI=1S/C11H9BrF2N2O2/c12-6-1-2-7-8(3-6)10(18)16(9(7)17)5-11(13,14)4-15/h1-3H,4-5,15H2. The maximum atomic E-state index is 13.2. The van der Waals surface area contributed by atoms with Crippen LogP contribution in [0, 0.1) is 0 Å². The normalized spacial score (nSPS) is 15.2. The molecule has 2 amide bonds. The minimum atomic E-state index is -3.27. The van der Waals surface area contributed by atoms with Crippen LogP contribution in [0.5, 0.6) is 0 Å². The first kappa shape index (κ1) is 13.1. The van der Waals surface area contributed by atoms with E-state index in [4.69, 9.17) is 5.73 Å². The molecule has 0 bridgehead atoms. The van der Waals surface area contributed by atoms with Crippen molar-refractivity contribution >= 4 is 27.7 Å². The second-order valence-electron chi connectivity index (χ2n) is 3.95. The Labute approximate surface area is 110 Å². The van der Waals surface area contributed by atoms with Gasteiger partial charge in [0.1, 0.15) is 0 Å². The molecule has 1 aliphatic rings. The molecule has 1 aliphatic heterocycles. The summed E-state index contributed by atoms with van der Waals surface area (Å²) < 4.78 is 27.0. The Morgan fingerprint density at radius 2 is 1.83 bits per heavy atom. The van der Waals surface area contributed by atoms with E-state index in [1.807, 2.05) is 0 Å². The first-order valence-electron chi connectivity index (χ1n) is 5.09. The number of halogens is 3. The minimum Gasteiger partial charge on any atom is -0.325 e. The van der Waals surface area contributed by atoms with Crippen LogP contribution < -0.4 is 5.73 Å². The summed E-state index contributed by atoms with van der Waals surface area (Å²) in [6, 6.07) is 4.45. The summed E-state index contributed by atoms with van der Waals surface area (Å²) in [6.45, 7) is -1.91. The number of hydrogen-bond acceptors (Lipinski definition) is 3. The molecular weight excluding hydrogens is 310 g/mol. The fourth-order valence-electron chi connectivity index (χ4n) is 1.70. The van der Waals surface area contributed by atoms with Crippen LogP contribution in [0.25, 0.3) is 0 Å². The third-order valence-corrected chi connectivity index (χ3v) is 3.11.